The maximum atomic E-state index is 12.4. The lowest BCUT2D eigenvalue weighted by atomic mass is 9.91. The van der Waals surface area contributed by atoms with Gasteiger partial charge in [-0.3, -0.25) is 4.68 Å². The topological polar surface area (TPSA) is 55.2 Å². The summed E-state index contributed by atoms with van der Waals surface area (Å²) in [5.41, 5.74) is 1.41. The molecule has 0 atom stereocenters. The van der Waals surface area contributed by atoms with Gasteiger partial charge in [0.05, 0.1) is 5.75 Å². The number of aromatic nitrogens is 2. The van der Waals surface area contributed by atoms with E-state index in [1.165, 1.54) is 5.69 Å². The highest BCUT2D eigenvalue weighted by Gasteiger charge is 2.29. The van der Waals surface area contributed by atoms with Gasteiger partial charge in [-0.2, -0.15) is 5.10 Å². The third-order valence-corrected chi connectivity index (χ3v) is 6.41. The van der Waals surface area contributed by atoms with Crippen LogP contribution in [0.2, 0.25) is 0 Å². The molecule has 0 amide bonds. The highest BCUT2D eigenvalue weighted by molar-refractivity contribution is 7.89. The van der Waals surface area contributed by atoms with Gasteiger partial charge in [-0.15, -0.1) is 0 Å². The Kier molecular flexibility index (Phi) is 5.33. The van der Waals surface area contributed by atoms with E-state index in [2.05, 4.69) is 25.9 Å². The summed E-state index contributed by atoms with van der Waals surface area (Å²) in [6.07, 6.45) is 5.27. The van der Waals surface area contributed by atoms with Crippen LogP contribution in [0.1, 0.15) is 58.1 Å². The normalized spacial score (nSPS) is 18.7. The molecule has 0 spiro atoms. The first-order valence-electron chi connectivity index (χ1n) is 8.15. The lowest BCUT2D eigenvalue weighted by Crippen LogP contribution is -2.39. The van der Waals surface area contributed by atoms with Crippen molar-refractivity contribution in [2.45, 2.75) is 52.4 Å². The summed E-state index contributed by atoms with van der Waals surface area (Å²) in [6.45, 7) is 7.72. The summed E-state index contributed by atoms with van der Waals surface area (Å²) >= 11 is 0. The van der Waals surface area contributed by atoms with Crippen LogP contribution in [-0.2, 0) is 17.1 Å². The van der Waals surface area contributed by atoms with Gasteiger partial charge in [0.1, 0.15) is 0 Å². The van der Waals surface area contributed by atoms with Crippen LogP contribution < -0.4 is 0 Å². The number of hydrogen-bond donors (Lipinski definition) is 0. The van der Waals surface area contributed by atoms with Crippen LogP contribution in [-0.4, -0.2) is 41.3 Å². The fourth-order valence-electron chi connectivity index (χ4n) is 3.13. The zero-order valence-electron chi connectivity index (χ0n) is 14.2. The van der Waals surface area contributed by atoms with Crippen LogP contribution in [0.3, 0.4) is 0 Å². The minimum Gasteiger partial charge on any atom is -0.272 e. The number of piperidine rings is 1. The molecule has 5 nitrogen and oxygen atoms in total. The highest BCUT2D eigenvalue weighted by atomic mass is 32.2. The van der Waals surface area contributed by atoms with E-state index in [-0.39, 0.29) is 11.2 Å². The zero-order valence-corrected chi connectivity index (χ0v) is 15.1. The van der Waals surface area contributed by atoms with E-state index in [9.17, 15) is 8.42 Å². The second kappa shape index (κ2) is 6.71. The van der Waals surface area contributed by atoms with Crippen LogP contribution in [0.25, 0.3) is 0 Å². The highest BCUT2D eigenvalue weighted by Crippen LogP contribution is 2.29. The molecule has 0 bridgehead atoms. The fraction of sp³-hybridized carbons (Fsp3) is 0.812. The fourth-order valence-corrected chi connectivity index (χ4v) is 4.66. The Hall–Kier alpha value is -0.880. The van der Waals surface area contributed by atoms with Gasteiger partial charge in [0, 0.05) is 37.9 Å². The van der Waals surface area contributed by atoms with Crippen molar-refractivity contribution in [3.8, 4) is 0 Å². The summed E-state index contributed by atoms with van der Waals surface area (Å²) in [5, 5.41) is 4.21. The Balaban J connectivity index is 1.86. The molecular weight excluding hydrogens is 298 g/mol. The Morgan fingerprint density at radius 2 is 1.91 bits per heavy atom. The summed E-state index contributed by atoms with van der Waals surface area (Å²) in [5.74, 6) is 0.703. The monoisotopic (exact) mass is 327 g/mol. The quantitative estimate of drug-likeness (QED) is 0.835. The van der Waals surface area contributed by atoms with E-state index in [1.54, 1.807) is 4.31 Å². The van der Waals surface area contributed by atoms with Crippen LogP contribution in [0, 0.1) is 5.41 Å². The SMILES string of the molecule is Cn1nccc1C1CCN(S(=O)(=O)CCCC(C)(C)C)CC1. The van der Waals surface area contributed by atoms with E-state index in [4.69, 9.17) is 0 Å². The van der Waals surface area contributed by atoms with Gasteiger partial charge in [-0.25, -0.2) is 12.7 Å². The number of rotatable bonds is 5. The van der Waals surface area contributed by atoms with Gasteiger partial charge in [0.25, 0.3) is 0 Å². The average molecular weight is 327 g/mol. The van der Waals surface area contributed by atoms with Crippen molar-refractivity contribution in [2.75, 3.05) is 18.8 Å². The molecule has 0 unspecified atom stereocenters. The van der Waals surface area contributed by atoms with Crippen LogP contribution in [0.15, 0.2) is 12.3 Å². The Morgan fingerprint density at radius 3 is 2.41 bits per heavy atom. The van der Waals surface area contributed by atoms with Crippen molar-refractivity contribution in [2.24, 2.45) is 12.5 Å². The average Bonchev–Trinajstić information content (AvgIpc) is 2.83. The number of nitrogens with zero attached hydrogens (tertiary/aromatic N) is 3. The summed E-state index contributed by atoms with van der Waals surface area (Å²) in [6, 6.07) is 2.04. The second-order valence-electron chi connectivity index (χ2n) is 7.53. The molecule has 0 aromatic carbocycles. The molecule has 0 radical (unpaired) electrons. The lowest BCUT2D eigenvalue weighted by molar-refractivity contribution is 0.310. The maximum absolute atomic E-state index is 12.4. The second-order valence-corrected chi connectivity index (χ2v) is 9.62. The molecule has 1 aromatic heterocycles. The van der Waals surface area contributed by atoms with E-state index in [0.29, 0.717) is 19.0 Å². The molecular formula is C16H29N3O2S. The van der Waals surface area contributed by atoms with Crippen molar-refractivity contribution in [3.05, 3.63) is 18.0 Å². The Bertz CT molecular complexity index is 579. The summed E-state index contributed by atoms with van der Waals surface area (Å²) in [7, 11) is -1.15. The molecule has 2 rings (SSSR count). The molecule has 1 aliphatic heterocycles. The first-order valence-corrected chi connectivity index (χ1v) is 9.76. The van der Waals surface area contributed by atoms with Crippen LogP contribution in [0.4, 0.5) is 0 Å². The van der Waals surface area contributed by atoms with Gasteiger partial charge < -0.3 is 0 Å². The molecule has 2 heterocycles. The molecule has 6 heteroatoms. The van der Waals surface area contributed by atoms with E-state index in [1.807, 2.05) is 24.0 Å². The van der Waals surface area contributed by atoms with Crippen molar-refractivity contribution in [1.29, 1.82) is 0 Å². The molecule has 1 fully saturated rings. The maximum Gasteiger partial charge on any atom is 0.214 e. The molecule has 126 valence electrons. The molecule has 1 aliphatic rings. The van der Waals surface area contributed by atoms with Gasteiger partial charge in [0.2, 0.25) is 10.0 Å². The smallest absolute Gasteiger partial charge is 0.214 e. The van der Waals surface area contributed by atoms with Crippen LogP contribution >= 0.6 is 0 Å². The molecule has 0 aliphatic carbocycles. The number of sulfonamides is 1. The number of hydrogen-bond acceptors (Lipinski definition) is 3. The molecule has 1 aromatic rings. The predicted octanol–water partition coefficient (Wildman–Crippen LogP) is 2.76. The first kappa shape index (κ1) is 17.5. The molecule has 0 saturated carbocycles. The van der Waals surface area contributed by atoms with Gasteiger partial charge >= 0.3 is 0 Å². The Morgan fingerprint density at radius 1 is 1.27 bits per heavy atom. The van der Waals surface area contributed by atoms with Crippen molar-refractivity contribution >= 4 is 10.0 Å². The Labute approximate surface area is 134 Å². The van der Waals surface area contributed by atoms with E-state index in [0.717, 1.165) is 25.7 Å². The third-order valence-electron chi connectivity index (χ3n) is 4.45. The molecule has 0 N–H and O–H groups in total. The van der Waals surface area contributed by atoms with Crippen LogP contribution in [0.5, 0.6) is 0 Å². The third kappa shape index (κ3) is 4.56. The largest absolute Gasteiger partial charge is 0.272 e. The summed E-state index contributed by atoms with van der Waals surface area (Å²) in [4.78, 5) is 0. The van der Waals surface area contributed by atoms with Crippen molar-refractivity contribution < 1.29 is 8.42 Å². The first-order chi connectivity index (χ1) is 10.2. The number of aryl methyl sites for hydroxylation is 1. The van der Waals surface area contributed by atoms with Gasteiger partial charge in [-0.1, -0.05) is 20.8 Å². The summed E-state index contributed by atoms with van der Waals surface area (Å²) < 4.78 is 28.5. The molecule has 1 saturated heterocycles. The van der Waals surface area contributed by atoms with E-state index < -0.39 is 10.0 Å². The molecule has 22 heavy (non-hydrogen) atoms. The lowest BCUT2D eigenvalue weighted by Gasteiger charge is -2.31. The minimum atomic E-state index is -3.10. The zero-order chi connectivity index (χ0) is 16.4. The van der Waals surface area contributed by atoms with Crippen molar-refractivity contribution in [3.63, 3.8) is 0 Å². The van der Waals surface area contributed by atoms with Gasteiger partial charge in [0.15, 0.2) is 0 Å². The van der Waals surface area contributed by atoms with E-state index >= 15 is 0 Å². The minimum absolute atomic E-state index is 0.196. The standard InChI is InChI=1S/C16H29N3O2S/c1-16(2,3)9-5-13-22(20,21)19-11-7-14(8-12-19)15-6-10-17-18(15)4/h6,10,14H,5,7-9,11-13H2,1-4H3. The van der Waals surface area contributed by atoms with Gasteiger partial charge in [-0.05, 0) is 37.2 Å². The predicted molar refractivity (Wildman–Crippen MR) is 89.2 cm³/mol. The van der Waals surface area contributed by atoms with Crippen molar-refractivity contribution in [1.82, 2.24) is 14.1 Å².